The lowest BCUT2D eigenvalue weighted by Crippen LogP contribution is -2.34. The van der Waals surface area contributed by atoms with Crippen LogP contribution in [-0.4, -0.2) is 24.5 Å². The van der Waals surface area contributed by atoms with Crippen LogP contribution in [0.25, 0.3) is 0 Å². The number of carbonyl (C=O) groups is 2. The highest BCUT2D eigenvalue weighted by Crippen LogP contribution is 2.22. The summed E-state index contributed by atoms with van der Waals surface area (Å²) in [7, 11) is 0. The monoisotopic (exact) mass is 261 g/mol. The third-order valence-corrected chi connectivity index (χ3v) is 2.93. The van der Waals surface area contributed by atoms with Crippen molar-refractivity contribution in [2.75, 3.05) is 16.8 Å². The number of hydrogen-bond acceptors (Lipinski definition) is 2. The molecule has 0 bridgehead atoms. The maximum absolute atomic E-state index is 11.6. The van der Waals surface area contributed by atoms with Crippen LogP contribution < -0.4 is 15.5 Å². The molecule has 1 heterocycles. The second-order valence-electron chi connectivity index (χ2n) is 4.95. The van der Waals surface area contributed by atoms with Gasteiger partial charge < -0.3 is 15.5 Å². The molecule has 1 aliphatic rings. The molecule has 102 valence electrons. The van der Waals surface area contributed by atoms with E-state index in [1.165, 1.54) is 0 Å². The number of rotatable bonds is 3. The van der Waals surface area contributed by atoms with Crippen molar-refractivity contribution in [2.24, 2.45) is 0 Å². The first-order chi connectivity index (χ1) is 9.06. The SMILES string of the molecule is CC(C)NC(=O)Nc1ccc(N2CCCC2=O)cc1. The average Bonchev–Trinajstić information content (AvgIpc) is 2.75. The van der Waals surface area contributed by atoms with Crippen molar-refractivity contribution < 1.29 is 9.59 Å². The second kappa shape index (κ2) is 5.73. The number of carbonyl (C=O) groups excluding carboxylic acids is 2. The highest BCUT2D eigenvalue weighted by Gasteiger charge is 2.21. The summed E-state index contributed by atoms with van der Waals surface area (Å²) in [6.45, 7) is 4.59. The Morgan fingerprint density at radius 2 is 1.95 bits per heavy atom. The predicted molar refractivity (Wildman–Crippen MR) is 75.3 cm³/mol. The molecule has 1 saturated heterocycles. The minimum Gasteiger partial charge on any atom is -0.336 e. The van der Waals surface area contributed by atoms with Crippen LogP contribution in [0.4, 0.5) is 16.2 Å². The van der Waals surface area contributed by atoms with Gasteiger partial charge in [0.25, 0.3) is 0 Å². The fourth-order valence-electron chi connectivity index (χ4n) is 2.08. The normalized spacial score (nSPS) is 14.9. The fourth-order valence-corrected chi connectivity index (χ4v) is 2.08. The van der Waals surface area contributed by atoms with Crippen molar-refractivity contribution in [3.05, 3.63) is 24.3 Å². The summed E-state index contributed by atoms with van der Waals surface area (Å²) in [4.78, 5) is 24.9. The maximum Gasteiger partial charge on any atom is 0.319 e. The number of anilines is 2. The highest BCUT2D eigenvalue weighted by atomic mass is 16.2. The first-order valence-electron chi connectivity index (χ1n) is 6.54. The minimum atomic E-state index is -0.222. The zero-order valence-corrected chi connectivity index (χ0v) is 11.3. The topological polar surface area (TPSA) is 61.4 Å². The van der Waals surface area contributed by atoms with Crippen molar-refractivity contribution >= 4 is 23.3 Å². The van der Waals surface area contributed by atoms with Crippen LogP contribution in [-0.2, 0) is 4.79 Å². The van der Waals surface area contributed by atoms with Gasteiger partial charge in [-0.05, 0) is 44.5 Å². The molecule has 2 rings (SSSR count). The van der Waals surface area contributed by atoms with Crippen LogP contribution in [0.15, 0.2) is 24.3 Å². The standard InChI is InChI=1S/C14H19N3O2/c1-10(2)15-14(19)16-11-5-7-12(8-6-11)17-9-3-4-13(17)18/h5-8,10H,3-4,9H2,1-2H3,(H2,15,16,19). The molecule has 0 saturated carbocycles. The van der Waals surface area contributed by atoms with E-state index in [0.29, 0.717) is 12.1 Å². The number of urea groups is 1. The smallest absolute Gasteiger partial charge is 0.319 e. The van der Waals surface area contributed by atoms with Crippen molar-refractivity contribution in [3.63, 3.8) is 0 Å². The van der Waals surface area contributed by atoms with Crippen molar-refractivity contribution in [2.45, 2.75) is 32.7 Å². The number of amides is 3. The molecule has 0 atom stereocenters. The van der Waals surface area contributed by atoms with Gasteiger partial charge in [-0.1, -0.05) is 0 Å². The minimum absolute atomic E-state index is 0.0986. The molecule has 2 N–H and O–H groups in total. The molecule has 0 aliphatic carbocycles. The zero-order chi connectivity index (χ0) is 13.8. The van der Waals surface area contributed by atoms with Gasteiger partial charge in [-0.3, -0.25) is 4.79 Å². The molecular weight excluding hydrogens is 242 g/mol. The molecule has 1 fully saturated rings. The number of nitrogens with one attached hydrogen (secondary N) is 2. The number of hydrogen-bond donors (Lipinski definition) is 2. The van der Waals surface area contributed by atoms with E-state index in [0.717, 1.165) is 18.7 Å². The Bertz CT molecular complexity index is 468. The van der Waals surface area contributed by atoms with Gasteiger partial charge in [-0.15, -0.1) is 0 Å². The lowest BCUT2D eigenvalue weighted by Gasteiger charge is -2.16. The summed E-state index contributed by atoms with van der Waals surface area (Å²) in [5, 5.41) is 5.50. The molecule has 1 aromatic rings. The van der Waals surface area contributed by atoms with Crippen LogP contribution >= 0.6 is 0 Å². The molecule has 0 radical (unpaired) electrons. The molecule has 0 spiro atoms. The summed E-state index contributed by atoms with van der Waals surface area (Å²) in [5.41, 5.74) is 1.60. The lowest BCUT2D eigenvalue weighted by molar-refractivity contribution is -0.117. The van der Waals surface area contributed by atoms with Crippen molar-refractivity contribution in [1.82, 2.24) is 5.32 Å². The van der Waals surface area contributed by atoms with Gasteiger partial charge in [0.2, 0.25) is 5.91 Å². The molecule has 0 aromatic heterocycles. The number of benzene rings is 1. The highest BCUT2D eigenvalue weighted by molar-refractivity contribution is 5.96. The van der Waals surface area contributed by atoms with E-state index >= 15 is 0 Å². The van der Waals surface area contributed by atoms with E-state index in [1.807, 2.05) is 26.0 Å². The Morgan fingerprint density at radius 1 is 1.26 bits per heavy atom. The van der Waals surface area contributed by atoms with E-state index in [9.17, 15) is 9.59 Å². The van der Waals surface area contributed by atoms with Crippen LogP contribution in [0.5, 0.6) is 0 Å². The lowest BCUT2D eigenvalue weighted by atomic mass is 10.2. The zero-order valence-electron chi connectivity index (χ0n) is 11.3. The molecule has 5 nitrogen and oxygen atoms in total. The first-order valence-corrected chi connectivity index (χ1v) is 6.54. The van der Waals surface area contributed by atoms with E-state index in [2.05, 4.69) is 10.6 Å². The van der Waals surface area contributed by atoms with E-state index in [4.69, 9.17) is 0 Å². The van der Waals surface area contributed by atoms with E-state index < -0.39 is 0 Å². The van der Waals surface area contributed by atoms with Crippen molar-refractivity contribution in [1.29, 1.82) is 0 Å². The fraction of sp³-hybridized carbons (Fsp3) is 0.429. The summed E-state index contributed by atoms with van der Waals surface area (Å²) in [6, 6.07) is 7.20. The van der Waals surface area contributed by atoms with E-state index in [-0.39, 0.29) is 18.0 Å². The Balaban J connectivity index is 1.98. The Morgan fingerprint density at radius 3 is 2.47 bits per heavy atom. The van der Waals surface area contributed by atoms with Crippen LogP contribution in [0.1, 0.15) is 26.7 Å². The van der Waals surface area contributed by atoms with Crippen LogP contribution in [0.3, 0.4) is 0 Å². The van der Waals surface area contributed by atoms with Gasteiger partial charge in [0, 0.05) is 30.4 Å². The summed E-state index contributed by atoms with van der Waals surface area (Å²) < 4.78 is 0. The third-order valence-electron chi connectivity index (χ3n) is 2.93. The van der Waals surface area contributed by atoms with Gasteiger partial charge in [0.05, 0.1) is 0 Å². The number of nitrogens with zero attached hydrogens (tertiary/aromatic N) is 1. The Labute approximate surface area is 113 Å². The summed E-state index contributed by atoms with van der Waals surface area (Å²) in [5.74, 6) is 0.165. The molecule has 1 aromatic carbocycles. The molecule has 3 amide bonds. The molecule has 5 heteroatoms. The predicted octanol–water partition coefficient (Wildman–Crippen LogP) is 2.34. The maximum atomic E-state index is 11.6. The average molecular weight is 261 g/mol. The summed E-state index contributed by atoms with van der Waals surface area (Å²) in [6.07, 6.45) is 1.53. The van der Waals surface area contributed by atoms with Gasteiger partial charge >= 0.3 is 6.03 Å². The largest absolute Gasteiger partial charge is 0.336 e. The van der Waals surface area contributed by atoms with E-state index in [1.54, 1.807) is 17.0 Å². The van der Waals surface area contributed by atoms with Gasteiger partial charge in [-0.25, -0.2) is 4.79 Å². The Hall–Kier alpha value is -2.04. The first kappa shape index (κ1) is 13.4. The second-order valence-corrected chi connectivity index (χ2v) is 4.95. The summed E-state index contributed by atoms with van der Waals surface area (Å²) >= 11 is 0. The van der Waals surface area contributed by atoms with Gasteiger partial charge in [0.1, 0.15) is 0 Å². The Kier molecular flexibility index (Phi) is 4.04. The quantitative estimate of drug-likeness (QED) is 0.877. The van der Waals surface area contributed by atoms with Gasteiger partial charge in [-0.2, -0.15) is 0 Å². The molecular formula is C14H19N3O2. The van der Waals surface area contributed by atoms with Gasteiger partial charge in [0.15, 0.2) is 0 Å². The molecule has 19 heavy (non-hydrogen) atoms. The molecule has 0 unspecified atom stereocenters. The van der Waals surface area contributed by atoms with Crippen LogP contribution in [0.2, 0.25) is 0 Å². The molecule has 1 aliphatic heterocycles. The van der Waals surface area contributed by atoms with Crippen LogP contribution in [0, 0.1) is 0 Å². The van der Waals surface area contributed by atoms with Crippen molar-refractivity contribution in [3.8, 4) is 0 Å². The third kappa shape index (κ3) is 3.47.